The summed E-state index contributed by atoms with van der Waals surface area (Å²) in [5.74, 6) is 1.81. The highest BCUT2D eigenvalue weighted by atomic mass is 14.3. The van der Waals surface area contributed by atoms with Crippen molar-refractivity contribution in [1.29, 1.82) is 0 Å². The highest BCUT2D eigenvalue weighted by Gasteiger charge is 2.30. The SMILES string of the molecule is Cc1cc2c(-c3ccc(C(C)C)cc3)c3c4ccc5c6ccc7c8c(ccc(c9ccc(c4c59)c3c3c4ccc(C(C)C)cc4c(c1)c23)c68)c1c(-c2ccc(C(C)C)cc2)c2cc(C)cc3c4cc(C(C)C)ccc4c(c23)c71. The van der Waals surface area contributed by atoms with Gasteiger partial charge in [0.15, 0.2) is 0 Å². The van der Waals surface area contributed by atoms with Crippen molar-refractivity contribution in [3.8, 4) is 22.3 Å². The quantitative estimate of drug-likeness (QED) is 0.115. The van der Waals surface area contributed by atoms with Crippen molar-refractivity contribution < 1.29 is 0 Å². The summed E-state index contributed by atoms with van der Waals surface area (Å²) in [4.78, 5) is 0. The van der Waals surface area contributed by atoms with Crippen molar-refractivity contribution in [2.24, 2.45) is 0 Å². The van der Waals surface area contributed by atoms with E-state index in [1.165, 1.54) is 206 Å². The van der Waals surface area contributed by atoms with Crippen LogP contribution in [0.2, 0.25) is 0 Å². The van der Waals surface area contributed by atoms with Crippen LogP contribution in [-0.4, -0.2) is 0 Å². The second-order valence-corrected chi connectivity index (χ2v) is 25.1. The molecule has 0 aliphatic carbocycles. The molecule has 17 aromatic carbocycles. The molecule has 0 nitrogen and oxygen atoms in total. The van der Waals surface area contributed by atoms with Crippen LogP contribution in [0.3, 0.4) is 0 Å². The molecule has 0 aromatic heterocycles. The van der Waals surface area contributed by atoms with Gasteiger partial charge in [-0.3, -0.25) is 0 Å². The van der Waals surface area contributed by atoms with Gasteiger partial charge in [0, 0.05) is 0 Å². The van der Waals surface area contributed by atoms with Gasteiger partial charge in [0.1, 0.15) is 0 Å². The van der Waals surface area contributed by atoms with Gasteiger partial charge in [-0.2, -0.15) is 0 Å². The summed E-state index contributed by atoms with van der Waals surface area (Å²) in [6.07, 6.45) is 0. The van der Waals surface area contributed by atoms with Crippen molar-refractivity contribution in [2.75, 3.05) is 0 Å². The van der Waals surface area contributed by atoms with Crippen molar-refractivity contribution in [2.45, 2.75) is 92.9 Å². The molecule has 0 saturated heterocycles. The predicted octanol–water partition coefficient (Wildman–Crippen LogP) is 23.5. The molecule has 0 radical (unpaired) electrons. The van der Waals surface area contributed by atoms with Crippen LogP contribution >= 0.6 is 0 Å². The molecule has 0 heterocycles. The Hall–Kier alpha value is -8.32. The summed E-state index contributed by atoms with van der Waals surface area (Å²) in [6, 6.07) is 63.8. The Labute approximate surface area is 454 Å². The monoisotopic (exact) mass is 996 g/mol. The molecule has 78 heavy (non-hydrogen) atoms. The van der Waals surface area contributed by atoms with E-state index in [0.717, 1.165) is 0 Å². The number of aryl methyl sites for hydroxylation is 2. The van der Waals surface area contributed by atoms with Crippen LogP contribution in [0.4, 0.5) is 0 Å². The normalized spacial score (nSPS) is 13.2. The van der Waals surface area contributed by atoms with Crippen molar-refractivity contribution in [1.82, 2.24) is 0 Å². The fourth-order valence-electron chi connectivity index (χ4n) is 15.7. The largest absolute Gasteiger partial charge is 0.0587 e. The minimum atomic E-state index is 0.442. The highest BCUT2D eigenvalue weighted by molar-refractivity contribution is 6.54. The van der Waals surface area contributed by atoms with E-state index in [1.807, 2.05) is 0 Å². The Morgan fingerprint density at radius 1 is 0.192 bits per heavy atom. The second kappa shape index (κ2) is 15.2. The molecule has 0 unspecified atom stereocenters. The number of benzene rings is 13. The van der Waals surface area contributed by atoms with E-state index >= 15 is 0 Å². The Morgan fingerprint density at radius 3 is 0.782 bits per heavy atom. The molecule has 0 heteroatoms. The summed E-state index contributed by atoms with van der Waals surface area (Å²) in [6.45, 7) is 23.1. The van der Waals surface area contributed by atoms with Crippen molar-refractivity contribution >= 4 is 151 Å². The molecule has 17 aromatic rings. The summed E-state index contributed by atoms with van der Waals surface area (Å²) in [5, 5.41) is 38.5. The van der Waals surface area contributed by atoms with Gasteiger partial charge in [-0.05, 0) is 244 Å². The summed E-state index contributed by atoms with van der Waals surface area (Å²) >= 11 is 0. The van der Waals surface area contributed by atoms with Gasteiger partial charge >= 0.3 is 0 Å². The Bertz CT molecular complexity index is 5050. The highest BCUT2D eigenvalue weighted by Crippen LogP contribution is 2.59. The van der Waals surface area contributed by atoms with E-state index in [2.05, 4.69) is 227 Å². The molecule has 0 amide bonds. The molecule has 0 fully saturated rings. The van der Waals surface area contributed by atoms with Gasteiger partial charge in [0.05, 0.1) is 0 Å². The van der Waals surface area contributed by atoms with Gasteiger partial charge in [0.2, 0.25) is 0 Å². The molecule has 0 spiro atoms. The molecular weight excluding hydrogens is 937 g/mol. The fraction of sp³-hybridized carbons (Fsp3) is 0.179. The topological polar surface area (TPSA) is 0 Å². The first-order chi connectivity index (χ1) is 37.8. The third-order valence-corrected chi connectivity index (χ3v) is 19.4. The zero-order valence-electron chi connectivity index (χ0n) is 46.3. The number of hydrogen-bond acceptors (Lipinski definition) is 0. The van der Waals surface area contributed by atoms with Crippen molar-refractivity contribution in [3.05, 3.63) is 191 Å². The van der Waals surface area contributed by atoms with Crippen LogP contribution in [0, 0.1) is 13.8 Å². The summed E-state index contributed by atoms with van der Waals surface area (Å²) < 4.78 is 0. The second-order valence-electron chi connectivity index (χ2n) is 25.1. The Morgan fingerprint density at radius 2 is 0.436 bits per heavy atom. The molecule has 0 bridgehead atoms. The van der Waals surface area contributed by atoms with E-state index in [-0.39, 0.29) is 0 Å². The van der Waals surface area contributed by atoms with E-state index in [9.17, 15) is 0 Å². The van der Waals surface area contributed by atoms with Gasteiger partial charge in [-0.1, -0.05) is 213 Å². The molecule has 0 atom stereocenters. The van der Waals surface area contributed by atoms with Crippen LogP contribution in [0.1, 0.15) is 112 Å². The van der Waals surface area contributed by atoms with E-state index < -0.39 is 0 Å². The van der Waals surface area contributed by atoms with E-state index in [4.69, 9.17) is 0 Å². The molecule has 0 saturated carbocycles. The molecule has 0 aliphatic heterocycles. The third kappa shape index (κ3) is 5.51. The fourth-order valence-corrected chi connectivity index (χ4v) is 15.7. The number of rotatable bonds is 6. The van der Waals surface area contributed by atoms with Crippen LogP contribution in [-0.2, 0) is 0 Å². The maximum Gasteiger partial charge on any atom is -0.000696 e. The maximum atomic E-state index is 2.51. The van der Waals surface area contributed by atoms with Gasteiger partial charge in [-0.25, -0.2) is 0 Å². The molecule has 372 valence electrons. The van der Waals surface area contributed by atoms with Crippen molar-refractivity contribution in [3.63, 3.8) is 0 Å². The number of fused-ring (bicyclic) bond motifs is 16. The van der Waals surface area contributed by atoms with Crippen LogP contribution in [0.5, 0.6) is 0 Å². The van der Waals surface area contributed by atoms with Gasteiger partial charge in [0.25, 0.3) is 0 Å². The molecule has 0 aliphatic rings. The summed E-state index contributed by atoms with van der Waals surface area (Å²) in [7, 11) is 0. The zero-order valence-corrected chi connectivity index (χ0v) is 46.3. The first kappa shape index (κ1) is 44.8. The van der Waals surface area contributed by atoms with Gasteiger partial charge < -0.3 is 0 Å². The predicted molar refractivity (Wildman–Crippen MR) is 344 cm³/mol. The minimum Gasteiger partial charge on any atom is -0.0587 e. The van der Waals surface area contributed by atoms with Crippen LogP contribution in [0.15, 0.2) is 158 Å². The van der Waals surface area contributed by atoms with Gasteiger partial charge in [-0.15, -0.1) is 0 Å². The van der Waals surface area contributed by atoms with E-state index in [0.29, 0.717) is 23.7 Å². The molecular formula is C78H60. The average molecular weight is 997 g/mol. The smallest absolute Gasteiger partial charge is 0.000696 e. The Kier molecular flexibility index (Phi) is 8.75. The standard InChI is InChI=1S/C78H60/c1-37(2)43-11-15-45(16-12-43)65-63-33-41(9)31-61-59-35-47(39(5)6)19-21-53(59)73(71(61)63)77-57-29-25-51-50-24-28-56-70-58(30-26-52(68(50)70)49-23-27-55(75(65)77)69(57)67(49)51)78-74-54-22-20-48(40(7)8)36-60(54)62-32-42(10)34-64(72(62)74)66(76(56)78)46-17-13-44(14-18-46)38(3)4/h11-40H,1-10H3. The average Bonchev–Trinajstić information content (AvgIpc) is 2.34. The molecule has 0 N–H and O–H groups in total. The number of hydrogen-bond donors (Lipinski definition) is 0. The molecule has 17 rings (SSSR count). The third-order valence-electron chi connectivity index (χ3n) is 19.4. The maximum absolute atomic E-state index is 2.51. The lowest BCUT2D eigenvalue weighted by Gasteiger charge is -2.16. The van der Waals surface area contributed by atoms with E-state index in [1.54, 1.807) is 0 Å². The minimum absolute atomic E-state index is 0.442. The lowest BCUT2D eigenvalue weighted by molar-refractivity contribution is 0.867. The first-order valence-electron chi connectivity index (χ1n) is 28.8. The lowest BCUT2D eigenvalue weighted by atomic mass is 9.87. The first-order valence-corrected chi connectivity index (χ1v) is 28.8. The van der Waals surface area contributed by atoms with Crippen LogP contribution < -0.4 is 0 Å². The van der Waals surface area contributed by atoms with Crippen LogP contribution in [0.25, 0.3) is 173 Å². The lowest BCUT2D eigenvalue weighted by Crippen LogP contribution is -1.89. The zero-order chi connectivity index (χ0) is 52.6. The summed E-state index contributed by atoms with van der Waals surface area (Å²) in [5.41, 5.74) is 13.4. The Balaban J connectivity index is 1.05.